The molecule has 1 aromatic rings. The average molecular weight is 345 g/mol. The summed E-state index contributed by atoms with van der Waals surface area (Å²) in [5.41, 5.74) is 0. The number of hydrogen-bond donors (Lipinski definition) is 0. The molecule has 0 radical (unpaired) electrons. The first-order valence-electron chi connectivity index (χ1n) is 6.95. The first kappa shape index (κ1) is 15.3. The van der Waals surface area contributed by atoms with Gasteiger partial charge >= 0.3 is 12.0 Å². The Labute approximate surface area is 128 Å². The molecule has 1 saturated carbocycles. The third kappa shape index (κ3) is 3.71. The molecule has 0 aliphatic heterocycles. The molecular weight excluding hydrogens is 324 g/mol. The van der Waals surface area contributed by atoms with Crippen LogP contribution in [0.15, 0.2) is 0 Å². The van der Waals surface area contributed by atoms with Crippen LogP contribution in [0, 0.1) is 0 Å². The van der Waals surface area contributed by atoms with E-state index in [-0.39, 0.29) is 0 Å². The maximum atomic E-state index is 5.13. The lowest BCUT2D eigenvalue weighted by molar-refractivity contribution is 0.337. The van der Waals surface area contributed by atoms with E-state index in [1.54, 1.807) is 14.2 Å². The highest BCUT2D eigenvalue weighted by Crippen LogP contribution is 2.27. The van der Waals surface area contributed by atoms with Crippen LogP contribution in [0.5, 0.6) is 12.0 Å². The van der Waals surface area contributed by atoms with E-state index in [0.717, 1.165) is 11.9 Å². The van der Waals surface area contributed by atoms with Gasteiger partial charge in [-0.3, -0.25) is 0 Å². The number of nitrogens with zero attached hydrogens (tertiary/aromatic N) is 4. The summed E-state index contributed by atoms with van der Waals surface area (Å²) in [6.45, 7) is 0.862. The van der Waals surface area contributed by atoms with E-state index in [4.69, 9.17) is 9.47 Å². The number of aromatic nitrogens is 3. The molecule has 0 unspecified atom stereocenters. The van der Waals surface area contributed by atoms with Gasteiger partial charge in [-0.05, 0) is 12.8 Å². The Bertz CT molecular complexity index is 405. The van der Waals surface area contributed by atoms with E-state index in [1.807, 2.05) is 0 Å². The molecule has 1 aromatic heterocycles. The Kier molecular flexibility index (Phi) is 5.82. The van der Waals surface area contributed by atoms with Crippen LogP contribution in [0.2, 0.25) is 0 Å². The van der Waals surface area contributed by atoms with Crippen LogP contribution in [0.25, 0.3) is 0 Å². The van der Waals surface area contributed by atoms with Crippen molar-refractivity contribution >= 4 is 21.9 Å². The van der Waals surface area contributed by atoms with Crippen molar-refractivity contribution in [2.45, 2.75) is 38.1 Å². The fraction of sp³-hybridized carbons (Fsp3) is 0.769. The molecule has 2 rings (SSSR count). The molecule has 20 heavy (non-hydrogen) atoms. The molecule has 1 heterocycles. The van der Waals surface area contributed by atoms with Gasteiger partial charge in [0.25, 0.3) is 0 Å². The topological polar surface area (TPSA) is 60.4 Å². The third-order valence-electron chi connectivity index (χ3n) is 3.55. The second-order valence-corrected chi connectivity index (χ2v) is 5.58. The van der Waals surface area contributed by atoms with Crippen LogP contribution in [-0.4, -0.2) is 47.1 Å². The molecule has 1 fully saturated rings. The Morgan fingerprint density at radius 2 is 1.65 bits per heavy atom. The van der Waals surface area contributed by atoms with Crippen LogP contribution in [0.3, 0.4) is 0 Å². The number of ether oxygens (including phenoxy) is 2. The largest absolute Gasteiger partial charge is 0.467 e. The minimum atomic E-state index is 0.294. The molecule has 0 saturated heterocycles. The van der Waals surface area contributed by atoms with Crippen molar-refractivity contribution in [3.63, 3.8) is 0 Å². The van der Waals surface area contributed by atoms with Gasteiger partial charge in [-0.25, -0.2) is 0 Å². The maximum absolute atomic E-state index is 5.13. The molecule has 0 N–H and O–H groups in total. The average Bonchev–Trinajstić information content (AvgIpc) is 2.52. The van der Waals surface area contributed by atoms with Crippen molar-refractivity contribution in [1.29, 1.82) is 0 Å². The molecule has 112 valence electrons. The van der Waals surface area contributed by atoms with Gasteiger partial charge in [-0.15, -0.1) is 4.98 Å². The van der Waals surface area contributed by atoms with Crippen LogP contribution in [0.1, 0.15) is 32.1 Å². The van der Waals surface area contributed by atoms with E-state index < -0.39 is 0 Å². The first-order valence-corrected chi connectivity index (χ1v) is 8.07. The van der Waals surface area contributed by atoms with Gasteiger partial charge in [0.15, 0.2) is 0 Å². The molecule has 0 atom stereocenters. The Hall–Kier alpha value is -1.11. The molecule has 0 amide bonds. The molecule has 7 heteroatoms. The highest BCUT2D eigenvalue weighted by molar-refractivity contribution is 9.09. The number of alkyl halides is 1. The number of methoxy groups -OCH3 is 2. The Morgan fingerprint density at radius 1 is 1.05 bits per heavy atom. The lowest BCUT2D eigenvalue weighted by atomic mass is 9.94. The first-order chi connectivity index (χ1) is 9.78. The van der Waals surface area contributed by atoms with Gasteiger partial charge in [0, 0.05) is 17.9 Å². The van der Waals surface area contributed by atoms with Gasteiger partial charge < -0.3 is 14.4 Å². The van der Waals surface area contributed by atoms with E-state index in [2.05, 4.69) is 35.8 Å². The monoisotopic (exact) mass is 344 g/mol. The highest BCUT2D eigenvalue weighted by Gasteiger charge is 2.24. The fourth-order valence-corrected chi connectivity index (χ4v) is 2.95. The standard InChI is InChI=1S/C13H21BrN4O2/c1-19-12-15-11(16-13(17-12)20-2)18(9-8-14)10-6-4-3-5-7-10/h10H,3-9H2,1-2H3. The van der Waals surface area contributed by atoms with Crippen LogP contribution in [-0.2, 0) is 0 Å². The zero-order valence-electron chi connectivity index (χ0n) is 12.0. The van der Waals surface area contributed by atoms with Crippen molar-refractivity contribution in [1.82, 2.24) is 15.0 Å². The van der Waals surface area contributed by atoms with Gasteiger partial charge in [-0.2, -0.15) is 9.97 Å². The molecule has 0 aromatic carbocycles. The van der Waals surface area contributed by atoms with Crippen molar-refractivity contribution in [2.24, 2.45) is 0 Å². The van der Waals surface area contributed by atoms with Gasteiger partial charge in [0.05, 0.1) is 14.2 Å². The SMILES string of the molecule is COc1nc(OC)nc(N(CCBr)C2CCCCC2)n1. The Balaban J connectivity index is 2.27. The lowest BCUT2D eigenvalue weighted by Crippen LogP contribution is -2.39. The molecule has 1 aliphatic rings. The van der Waals surface area contributed by atoms with E-state index >= 15 is 0 Å². The fourth-order valence-electron chi connectivity index (χ4n) is 2.57. The minimum Gasteiger partial charge on any atom is -0.467 e. The maximum Gasteiger partial charge on any atom is 0.324 e. The zero-order valence-corrected chi connectivity index (χ0v) is 13.6. The predicted molar refractivity (Wildman–Crippen MR) is 80.9 cm³/mol. The number of halogens is 1. The van der Waals surface area contributed by atoms with Crippen molar-refractivity contribution < 1.29 is 9.47 Å². The van der Waals surface area contributed by atoms with E-state index in [9.17, 15) is 0 Å². The molecule has 0 spiro atoms. The molecular formula is C13H21BrN4O2. The van der Waals surface area contributed by atoms with Crippen molar-refractivity contribution in [2.75, 3.05) is 31.0 Å². The van der Waals surface area contributed by atoms with Gasteiger partial charge in [0.1, 0.15) is 0 Å². The normalized spacial score (nSPS) is 15.9. The molecule has 1 aliphatic carbocycles. The van der Waals surface area contributed by atoms with Gasteiger partial charge in [-0.1, -0.05) is 35.2 Å². The summed E-state index contributed by atoms with van der Waals surface area (Å²) in [6, 6.07) is 1.07. The van der Waals surface area contributed by atoms with Gasteiger partial charge in [0.2, 0.25) is 5.95 Å². The minimum absolute atomic E-state index is 0.294. The number of anilines is 1. The predicted octanol–water partition coefficient (Wildman–Crippen LogP) is 2.42. The summed E-state index contributed by atoms with van der Waals surface area (Å²) in [5.74, 6) is 0.639. The summed E-state index contributed by atoms with van der Waals surface area (Å²) in [4.78, 5) is 15.0. The van der Waals surface area contributed by atoms with Crippen LogP contribution >= 0.6 is 15.9 Å². The Morgan fingerprint density at radius 3 is 2.15 bits per heavy atom. The highest BCUT2D eigenvalue weighted by atomic mass is 79.9. The van der Waals surface area contributed by atoms with Crippen LogP contribution < -0.4 is 14.4 Å². The number of rotatable bonds is 6. The summed E-state index contributed by atoms with van der Waals surface area (Å²) in [6.07, 6.45) is 6.22. The van der Waals surface area contributed by atoms with Crippen molar-refractivity contribution in [3.8, 4) is 12.0 Å². The third-order valence-corrected chi connectivity index (χ3v) is 3.90. The van der Waals surface area contributed by atoms with Crippen LogP contribution in [0.4, 0.5) is 5.95 Å². The molecule has 6 nitrogen and oxygen atoms in total. The number of hydrogen-bond acceptors (Lipinski definition) is 6. The van der Waals surface area contributed by atoms with Crippen molar-refractivity contribution in [3.05, 3.63) is 0 Å². The lowest BCUT2D eigenvalue weighted by Gasteiger charge is -2.34. The summed E-state index contributed by atoms with van der Waals surface area (Å²) < 4.78 is 10.3. The summed E-state index contributed by atoms with van der Waals surface area (Å²) in [7, 11) is 3.10. The quantitative estimate of drug-likeness (QED) is 0.738. The van der Waals surface area contributed by atoms with E-state index in [0.29, 0.717) is 24.0 Å². The summed E-state index contributed by atoms with van der Waals surface area (Å²) >= 11 is 3.51. The van der Waals surface area contributed by atoms with E-state index in [1.165, 1.54) is 32.1 Å². The summed E-state index contributed by atoms with van der Waals surface area (Å²) in [5, 5.41) is 0.875. The zero-order chi connectivity index (χ0) is 14.4. The smallest absolute Gasteiger partial charge is 0.324 e. The second kappa shape index (κ2) is 7.61. The molecule has 0 bridgehead atoms. The second-order valence-electron chi connectivity index (χ2n) is 4.78.